The van der Waals surface area contributed by atoms with Gasteiger partial charge in [0.2, 0.25) is 0 Å². The zero-order chi connectivity index (χ0) is 11.7. The summed E-state index contributed by atoms with van der Waals surface area (Å²) in [6, 6.07) is 0.440. The number of nitrogens with zero attached hydrogens (tertiary/aromatic N) is 2. The molecule has 0 aromatic carbocycles. The number of anilines is 1. The fourth-order valence-corrected chi connectivity index (χ4v) is 1.78. The average molecular weight is 221 g/mol. The Labute approximate surface area is 95.7 Å². The summed E-state index contributed by atoms with van der Waals surface area (Å²) in [5.74, 6) is 1.63. The van der Waals surface area contributed by atoms with Gasteiger partial charge >= 0.3 is 0 Å². The van der Waals surface area contributed by atoms with Crippen molar-refractivity contribution in [2.75, 3.05) is 5.32 Å². The normalized spacial score (nSPS) is 23.5. The summed E-state index contributed by atoms with van der Waals surface area (Å²) in [6.45, 7) is 7.12. The molecule has 2 atom stereocenters. The molecule has 2 rings (SSSR count). The quantitative estimate of drug-likeness (QED) is 0.842. The van der Waals surface area contributed by atoms with Crippen LogP contribution in [-0.4, -0.2) is 15.6 Å². The van der Waals surface area contributed by atoms with Gasteiger partial charge in [-0.3, -0.25) is 4.79 Å². The smallest absolute Gasteiger partial charge is 0.293 e. The fourth-order valence-electron chi connectivity index (χ4n) is 1.78. The first-order chi connectivity index (χ1) is 7.58. The van der Waals surface area contributed by atoms with Crippen LogP contribution in [0.15, 0.2) is 17.2 Å². The molecule has 1 fully saturated rings. The van der Waals surface area contributed by atoms with E-state index in [-0.39, 0.29) is 5.56 Å². The Morgan fingerprint density at radius 2 is 2.31 bits per heavy atom. The lowest BCUT2D eigenvalue weighted by Crippen LogP contribution is -2.26. The van der Waals surface area contributed by atoms with Crippen LogP contribution in [0, 0.1) is 11.8 Å². The van der Waals surface area contributed by atoms with Crippen LogP contribution in [0.2, 0.25) is 0 Å². The highest BCUT2D eigenvalue weighted by Crippen LogP contribution is 2.31. The minimum absolute atomic E-state index is 0.00435. The summed E-state index contributed by atoms with van der Waals surface area (Å²) in [5.41, 5.74) is -0.00435. The van der Waals surface area contributed by atoms with Crippen molar-refractivity contribution < 1.29 is 0 Å². The highest BCUT2D eigenvalue weighted by atomic mass is 16.1. The van der Waals surface area contributed by atoms with Crippen LogP contribution in [0.25, 0.3) is 0 Å². The molecule has 1 aliphatic rings. The van der Waals surface area contributed by atoms with Gasteiger partial charge in [0.15, 0.2) is 5.82 Å². The van der Waals surface area contributed by atoms with Crippen LogP contribution in [0.1, 0.15) is 27.2 Å². The standard InChI is InChI=1S/C12H19N3O/c1-8(2)7-15-5-4-13-11(12(15)16)14-10-6-9(10)3/h4-5,8-10H,6-7H2,1-3H3,(H,13,14). The van der Waals surface area contributed by atoms with E-state index in [2.05, 4.69) is 31.1 Å². The number of nitrogens with one attached hydrogen (secondary N) is 1. The van der Waals surface area contributed by atoms with Crippen LogP contribution in [0.4, 0.5) is 5.82 Å². The molecular formula is C12H19N3O. The van der Waals surface area contributed by atoms with Crippen molar-refractivity contribution in [2.45, 2.75) is 39.8 Å². The molecule has 2 unspecified atom stereocenters. The lowest BCUT2D eigenvalue weighted by Gasteiger charge is -2.10. The zero-order valence-corrected chi connectivity index (χ0v) is 10.1. The molecular weight excluding hydrogens is 202 g/mol. The SMILES string of the molecule is CC(C)Cn1ccnc(NC2CC2C)c1=O. The van der Waals surface area contributed by atoms with Gasteiger partial charge in [-0.2, -0.15) is 0 Å². The molecule has 0 saturated heterocycles. The molecule has 88 valence electrons. The lowest BCUT2D eigenvalue weighted by atomic mass is 10.2. The van der Waals surface area contributed by atoms with E-state index < -0.39 is 0 Å². The van der Waals surface area contributed by atoms with E-state index in [0.29, 0.717) is 23.7 Å². The van der Waals surface area contributed by atoms with Crippen molar-refractivity contribution in [2.24, 2.45) is 11.8 Å². The van der Waals surface area contributed by atoms with Crippen LogP contribution in [0.3, 0.4) is 0 Å². The highest BCUT2D eigenvalue weighted by Gasteiger charge is 2.33. The van der Waals surface area contributed by atoms with E-state index >= 15 is 0 Å². The van der Waals surface area contributed by atoms with E-state index in [1.807, 2.05) is 0 Å². The van der Waals surface area contributed by atoms with Gasteiger partial charge in [-0.05, 0) is 18.3 Å². The summed E-state index contributed by atoms with van der Waals surface area (Å²) in [4.78, 5) is 16.1. The van der Waals surface area contributed by atoms with Crippen molar-refractivity contribution in [3.05, 3.63) is 22.7 Å². The number of hydrogen-bond acceptors (Lipinski definition) is 3. The Kier molecular flexibility index (Phi) is 2.99. The second-order valence-corrected chi connectivity index (χ2v) is 5.09. The third-order valence-corrected chi connectivity index (χ3v) is 2.91. The molecule has 1 aromatic rings. The Bertz CT molecular complexity index is 425. The van der Waals surface area contributed by atoms with E-state index in [1.165, 1.54) is 0 Å². The van der Waals surface area contributed by atoms with Gasteiger partial charge in [0, 0.05) is 25.0 Å². The average Bonchev–Trinajstić information content (AvgIpc) is 2.88. The van der Waals surface area contributed by atoms with Gasteiger partial charge in [-0.1, -0.05) is 20.8 Å². The van der Waals surface area contributed by atoms with Gasteiger partial charge in [0.1, 0.15) is 0 Å². The molecule has 0 amide bonds. The van der Waals surface area contributed by atoms with Crippen molar-refractivity contribution in [1.82, 2.24) is 9.55 Å². The van der Waals surface area contributed by atoms with E-state index in [4.69, 9.17) is 0 Å². The topological polar surface area (TPSA) is 46.9 Å². The van der Waals surface area contributed by atoms with Gasteiger partial charge < -0.3 is 9.88 Å². The first kappa shape index (κ1) is 11.2. The van der Waals surface area contributed by atoms with Gasteiger partial charge in [-0.25, -0.2) is 4.98 Å². The highest BCUT2D eigenvalue weighted by molar-refractivity contribution is 5.34. The van der Waals surface area contributed by atoms with Gasteiger partial charge in [-0.15, -0.1) is 0 Å². The number of rotatable bonds is 4. The maximum absolute atomic E-state index is 12.0. The predicted octanol–water partition coefficient (Wildman–Crippen LogP) is 1.72. The molecule has 4 heteroatoms. The maximum atomic E-state index is 12.0. The number of hydrogen-bond donors (Lipinski definition) is 1. The van der Waals surface area contributed by atoms with Crippen LogP contribution >= 0.6 is 0 Å². The monoisotopic (exact) mass is 221 g/mol. The van der Waals surface area contributed by atoms with Gasteiger partial charge in [0.05, 0.1) is 0 Å². The summed E-state index contributed by atoms with van der Waals surface area (Å²) >= 11 is 0. The van der Waals surface area contributed by atoms with Crippen LogP contribution in [-0.2, 0) is 6.54 Å². The van der Waals surface area contributed by atoms with E-state index in [1.54, 1.807) is 17.0 Å². The Morgan fingerprint density at radius 1 is 1.62 bits per heavy atom. The van der Waals surface area contributed by atoms with E-state index in [9.17, 15) is 4.79 Å². The fraction of sp³-hybridized carbons (Fsp3) is 0.667. The molecule has 1 heterocycles. The molecule has 1 N–H and O–H groups in total. The first-order valence-corrected chi connectivity index (χ1v) is 5.90. The van der Waals surface area contributed by atoms with Gasteiger partial charge in [0.25, 0.3) is 5.56 Å². The van der Waals surface area contributed by atoms with Crippen LogP contribution in [0.5, 0.6) is 0 Å². The van der Waals surface area contributed by atoms with E-state index in [0.717, 1.165) is 13.0 Å². The summed E-state index contributed by atoms with van der Waals surface area (Å²) in [5, 5.41) is 3.20. The third-order valence-electron chi connectivity index (χ3n) is 2.91. The summed E-state index contributed by atoms with van der Waals surface area (Å²) < 4.78 is 1.73. The summed E-state index contributed by atoms with van der Waals surface area (Å²) in [6.07, 6.45) is 4.59. The molecule has 1 saturated carbocycles. The minimum Gasteiger partial charge on any atom is -0.362 e. The Hall–Kier alpha value is -1.32. The van der Waals surface area contributed by atoms with Crippen LogP contribution < -0.4 is 10.9 Å². The van der Waals surface area contributed by atoms with Crippen molar-refractivity contribution in [3.63, 3.8) is 0 Å². The molecule has 0 spiro atoms. The molecule has 0 radical (unpaired) electrons. The second-order valence-electron chi connectivity index (χ2n) is 5.09. The largest absolute Gasteiger partial charge is 0.362 e. The van der Waals surface area contributed by atoms with Crippen molar-refractivity contribution in [3.8, 4) is 0 Å². The molecule has 1 aromatic heterocycles. The Morgan fingerprint density at radius 3 is 2.88 bits per heavy atom. The van der Waals surface area contributed by atoms with Crippen molar-refractivity contribution >= 4 is 5.82 Å². The molecule has 16 heavy (non-hydrogen) atoms. The second kappa shape index (κ2) is 4.28. The summed E-state index contributed by atoms with van der Waals surface area (Å²) in [7, 11) is 0. The number of aromatic nitrogens is 2. The minimum atomic E-state index is -0.00435. The molecule has 4 nitrogen and oxygen atoms in total. The molecule has 0 aliphatic heterocycles. The maximum Gasteiger partial charge on any atom is 0.293 e. The van der Waals surface area contributed by atoms with Crippen molar-refractivity contribution in [1.29, 1.82) is 0 Å². The first-order valence-electron chi connectivity index (χ1n) is 5.90. The molecule has 0 bridgehead atoms. The third kappa shape index (κ3) is 2.43. The zero-order valence-electron chi connectivity index (χ0n) is 10.1. The molecule has 1 aliphatic carbocycles. The Balaban J connectivity index is 2.16. The lowest BCUT2D eigenvalue weighted by molar-refractivity contribution is 0.509. The predicted molar refractivity (Wildman–Crippen MR) is 64.5 cm³/mol.